The summed E-state index contributed by atoms with van der Waals surface area (Å²) in [5.74, 6) is -1.18. The summed E-state index contributed by atoms with van der Waals surface area (Å²) in [6, 6.07) is 3.14. The predicted molar refractivity (Wildman–Crippen MR) is 72.9 cm³/mol. The molecule has 0 bridgehead atoms. The van der Waals surface area contributed by atoms with E-state index in [0.29, 0.717) is 31.0 Å². The van der Waals surface area contributed by atoms with Gasteiger partial charge in [-0.1, -0.05) is 13.0 Å². The Labute approximate surface area is 117 Å². The molecule has 0 radical (unpaired) electrons. The van der Waals surface area contributed by atoms with E-state index in [4.69, 9.17) is 5.73 Å². The van der Waals surface area contributed by atoms with Gasteiger partial charge in [0.2, 0.25) is 5.91 Å². The second-order valence-corrected chi connectivity index (χ2v) is 5.55. The molecule has 5 heteroatoms. The van der Waals surface area contributed by atoms with E-state index in [9.17, 15) is 13.6 Å². The number of halogens is 2. The summed E-state index contributed by atoms with van der Waals surface area (Å²) in [5, 5.41) is 0. The van der Waals surface area contributed by atoms with E-state index in [1.54, 1.807) is 4.90 Å². The monoisotopic (exact) mass is 282 g/mol. The molecule has 20 heavy (non-hydrogen) atoms. The molecule has 2 unspecified atom stereocenters. The molecule has 0 spiro atoms. The number of hydrogen-bond acceptors (Lipinski definition) is 2. The summed E-state index contributed by atoms with van der Waals surface area (Å²) in [5.41, 5.74) is 6.52. The van der Waals surface area contributed by atoms with Crippen molar-refractivity contribution < 1.29 is 13.6 Å². The van der Waals surface area contributed by atoms with Crippen molar-refractivity contribution in [2.45, 2.75) is 32.2 Å². The van der Waals surface area contributed by atoms with Crippen LogP contribution in [0.25, 0.3) is 0 Å². The first-order valence-electron chi connectivity index (χ1n) is 6.95. The molecule has 3 nitrogen and oxygen atoms in total. The highest BCUT2D eigenvalue weighted by atomic mass is 19.2. The number of hydrogen-bond donors (Lipinski definition) is 1. The maximum atomic E-state index is 13.2. The lowest BCUT2D eigenvalue weighted by Gasteiger charge is -2.24. The Bertz CT molecular complexity index is 493. The average molecular weight is 282 g/mol. The van der Waals surface area contributed by atoms with E-state index in [1.807, 2.05) is 0 Å². The maximum absolute atomic E-state index is 13.2. The summed E-state index contributed by atoms with van der Waals surface area (Å²) >= 11 is 0. The number of benzene rings is 1. The van der Waals surface area contributed by atoms with Crippen LogP contribution in [0.3, 0.4) is 0 Å². The second-order valence-electron chi connectivity index (χ2n) is 5.55. The SMILES string of the molecule is CC1CCC(=O)N(CC(N)c2ccc(F)c(F)c2)CC1. The molecule has 1 amide bonds. The number of carbonyl (C=O) groups is 1. The van der Waals surface area contributed by atoms with Crippen LogP contribution in [0, 0.1) is 17.6 Å². The molecule has 1 aliphatic heterocycles. The smallest absolute Gasteiger partial charge is 0.222 e. The highest BCUT2D eigenvalue weighted by molar-refractivity contribution is 5.76. The van der Waals surface area contributed by atoms with Gasteiger partial charge in [-0.25, -0.2) is 8.78 Å². The number of rotatable bonds is 3. The molecule has 0 aliphatic carbocycles. The van der Waals surface area contributed by atoms with Gasteiger partial charge < -0.3 is 10.6 Å². The molecule has 1 aromatic carbocycles. The Morgan fingerprint density at radius 3 is 2.80 bits per heavy atom. The first-order chi connectivity index (χ1) is 9.47. The molecule has 2 atom stereocenters. The largest absolute Gasteiger partial charge is 0.341 e. The summed E-state index contributed by atoms with van der Waals surface area (Å²) in [4.78, 5) is 13.7. The van der Waals surface area contributed by atoms with Crippen molar-refractivity contribution in [2.24, 2.45) is 11.7 Å². The number of amides is 1. The van der Waals surface area contributed by atoms with Crippen LogP contribution in [0.2, 0.25) is 0 Å². The summed E-state index contributed by atoms with van der Waals surface area (Å²) in [6.45, 7) is 3.15. The third-order valence-corrected chi connectivity index (χ3v) is 3.88. The van der Waals surface area contributed by atoms with E-state index in [-0.39, 0.29) is 5.91 Å². The van der Waals surface area contributed by atoms with Gasteiger partial charge in [0.05, 0.1) is 0 Å². The normalized spacial score (nSPS) is 21.7. The molecular weight excluding hydrogens is 262 g/mol. The molecule has 110 valence electrons. The minimum atomic E-state index is -0.909. The Morgan fingerprint density at radius 2 is 2.10 bits per heavy atom. The van der Waals surface area contributed by atoms with Gasteiger partial charge in [-0.3, -0.25) is 4.79 Å². The summed E-state index contributed by atoms with van der Waals surface area (Å²) in [6.07, 6.45) is 2.39. The maximum Gasteiger partial charge on any atom is 0.222 e. The van der Waals surface area contributed by atoms with Crippen molar-refractivity contribution in [3.8, 4) is 0 Å². The van der Waals surface area contributed by atoms with Crippen molar-refractivity contribution in [3.05, 3.63) is 35.4 Å². The zero-order chi connectivity index (χ0) is 14.7. The van der Waals surface area contributed by atoms with Crippen molar-refractivity contribution in [1.29, 1.82) is 0 Å². The molecule has 1 saturated heterocycles. The van der Waals surface area contributed by atoms with E-state index >= 15 is 0 Å². The average Bonchev–Trinajstić information content (AvgIpc) is 2.57. The predicted octanol–water partition coefficient (Wildman–Crippen LogP) is 2.61. The van der Waals surface area contributed by atoms with Crippen molar-refractivity contribution >= 4 is 5.91 Å². The number of carbonyl (C=O) groups excluding carboxylic acids is 1. The van der Waals surface area contributed by atoms with Gasteiger partial charge >= 0.3 is 0 Å². The molecular formula is C15H20F2N2O. The Kier molecular flexibility index (Phi) is 4.70. The summed E-state index contributed by atoms with van der Waals surface area (Å²) in [7, 11) is 0. The lowest BCUT2D eigenvalue weighted by molar-refractivity contribution is -0.130. The molecule has 2 rings (SSSR count). The molecule has 1 aliphatic rings. The highest BCUT2D eigenvalue weighted by Crippen LogP contribution is 2.21. The van der Waals surface area contributed by atoms with Crippen LogP contribution in [0.4, 0.5) is 8.78 Å². The van der Waals surface area contributed by atoms with Gasteiger partial charge in [0.1, 0.15) is 0 Å². The van der Waals surface area contributed by atoms with E-state index < -0.39 is 17.7 Å². The topological polar surface area (TPSA) is 46.3 Å². The van der Waals surface area contributed by atoms with Crippen LogP contribution in [0.5, 0.6) is 0 Å². The number of nitrogens with two attached hydrogens (primary N) is 1. The van der Waals surface area contributed by atoms with Crippen LogP contribution < -0.4 is 5.73 Å². The van der Waals surface area contributed by atoms with Gasteiger partial charge in [0.25, 0.3) is 0 Å². The van der Waals surface area contributed by atoms with E-state index in [2.05, 4.69) is 6.92 Å². The highest BCUT2D eigenvalue weighted by Gasteiger charge is 2.22. The van der Waals surface area contributed by atoms with Gasteiger partial charge in [-0.15, -0.1) is 0 Å². The summed E-state index contributed by atoms with van der Waals surface area (Å²) < 4.78 is 26.1. The molecule has 0 aromatic heterocycles. The van der Waals surface area contributed by atoms with Gasteiger partial charge in [0.15, 0.2) is 11.6 Å². The molecule has 2 N–H and O–H groups in total. The van der Waals surface area contributed by atoms with Gasteiger partial charge in [0, 0.05) is 25.6 Å². The Hall–Kier alpha value is -1.49. The number of nitrogens with zero attached hydrogens (tertiary/aromatic N) is 1. The lowest BCUT2D eigenvalue weighted by atomic mass is 10.0. The number of likely N-dealkylation sites (tertiary alicyclic amines) is 1. The second kappa shape index (κ2) is 6.31. The van der Waals surface area contributed by atoms with Crippen LogP contribution in [0.15, 0.2) is 18.2 Å². The zero-order valence-corrected chi connectivity index (χ0v) is 11.6. The lowest BCUT2D eigenvalue weighted by Crippen LogP contribution is -2.36. The Balaban J connectivity index is 2.04. The fourth-order valence-corrected chi connectivity index (χ4v) is 2.45. The van der Waals surface area contributed by atoms with Crippen LogP contribution in [0.1, 0.15) is 37.8 Å². The van der Waals surface area contributed by atoms with Crippen LogP contribution >= 0.6 is 0 Å². The van der Waals surface area contributed by atoms with Gasteiger partial charge in [-0.2, -0.15) is 0 Å². The van der Waals surface area contributed by atoms with Crippen molar-refractivity contribution in [2.75, 3.05) is 13.1 Å². The minimum absolute atomic E-state index is 0.0902. The minimum Gasteiger partial charge on any atom is -0.341 e. The van der Waals surface area contributed by atoms with Crippen molar-refractivity contribution in [3.63, 3.8) is 0 Å². The third-order valence-electron chi connectivity index (χ3n) is 3.88. The molecule has 1 fully saturated rings. The van der Waals surface area contributed by atoms with Gasteiger partial charge in [-0.05, 0) is 36.5 Å². The molecule has 1 aromatic rings. The van der Waals surface area contributed by atoms with E-state index in [0.717, 1.165) is 25.0 Å². The Morgan fingerprint density at radius 1 is 1.35 bits per heavy atom. The van der Waals surface area contributed by atoms with Crippen LogP contribution in [-0.4, -0.2) is 23.9 Å². The van der Waals surface area contributed by atoms with Crippen LogP contribution in [-0.2, 0) is 4.79 Å². The zero-order valence-electron chi connectivity index (χ0n) is 11.6. The fourth-order valence-electron chi connectivity index (χ4n) is 2.45. The first-order valence-corrected chi connectivity index (χ1v) is 6.95. The molecule has 1 heterocycles. The first kappa shape index (κ1) is 14.9. The van der Waals surface area contributed by atoms with E-state index in [1.165, 1.54) is 6.07 Å². The molecule has 0 saturated carbocycles. The quantitative estimate of drug-likeness (QED) is 0.926. The van der Waals surface area contributed by atoms with Crippen molar-refractivity contribution in [1.82, 2.24) is 4.90 Å². The standard InChI is InChI=1S/C15H20F2N2O/c1-10-2-5-15(20)19(7-6-10)9-14(18)11-3-4-12(16)13(17)8-11/h3-4,8,10,14H,2,5-7,9,18H2,1H3. The third kappa shape index (κ3) is 3.54. The fraction of sp³-hybridized carbons (Fsp3) is 0.533.